The number of carboxylic acids is 1. The van der Waals surface area contributed by atoms with Crippen LogP contribution < -0.4 is 5.32 Å². The highest BCUT2D eigenvalue weighted by Gasteiger charge is 2.31. The van der Waals surface area contributed by atoms with Crippen molar-refractivity contribution in [3.63, 3.8) is 0 Å². The van der Waals surface area contributed by atoms with Gasteiger partial charge in [0, 0.05) is 0 Å². The van der Waals surface area contributed by atoms with Gasteiger partial charge in [0.25, 0.3) is 0 Å². The summed E-state index contributed by atoms with van der Waals surface area (Å²) in [6.45, 7) is 5.73. The lowest BCUT2D eigenvalue weighted by molar-refractivity contribution is -0.147. The van der Waals surface area contributed by atoms with E-state index in [9.17, 15) is 4.79 Å². The Labute approximate surface area is 79.3 Å². The maximum atomic E-state index is 10.8. The number of rotatable bonds is 6. The van der Waals surface area contributed by atoms with E-state index in [0.717, 1.165) is 6.42 Å². The van der Waals surface area contributed by atoms with Crippen LogP contribution in [-0.4, -0.2) is 36.4 Å². The lowest BCUT2D eigenvalue weighted by Gasteiger charge is -2.25. The first-order chi connectivity index (χ1) is 5.96. The van der Waals surface area contributed by atoms with E-state index in [4.69, 9.17) is 9.84 Å². The van der Waals surface area contributed by atoms with Gasteiger partial charge < -0.3 is 15.2 Å². The van der Waals surface area contributed by atoms with Crippen molar-refractivity contribution in [3.8, 4) is 0 Å². The standard InChI is InChI=1S/C9H19NO3/c1-5-7(2)13-6-9(3,10-4)8(11)12/h7,10H,5-6H2,1-4H3,(H,11,12). The number of carbonyl (C=O) groups is 1. The quantitative estimate of drug-likeness (QED) is 0.650. The van der Waals surface area contributed by atoms with Crippen LogP contribution in [0, 0.1) is 0 Å². The topological polar surface area (TPSA) is 58.6 Å². The number of carboxylic acid groups (broad SMARTS) is 1. The first-order valence-electron chi connectivity index (χ1n) is 4.50. The fourth-order valence-corrected chi connectivity index (χ4v) is 0.668. The first kappa shape index (κ1) is 12.4. The van der Waals surface area contributed by atoms with Gasteiger partial charge in [-0.1, -0.05) is 6.92 Å². The second kappa shape index (κ2) is 5.19. The van der Waals surface area contributed by atoms with Crippen molar-refractivity contribution in [2.45, 2.75) is 38.8 Å². The molecule has 2 N–H and O–H groups in total. The molecule has 0 fully saturated rings. The van der Waals surface area contributed by atoms with Crippen LogP contribution in [0.1, 0.15) is 27.2 Å². The Kier molecular flexibility index (Phi) is 4.95. The molecule has 0 saturated carbocycles. The molecule has 0 aliphatic rings. The van der Waals surface area contributed by atoms with Crippen LogP contribution in [0.2, 0.25) is 0 Å². The Bertz CT molecular complexity index is 172. The molecular formula is C9H19NO3. The predicted molar refractivity (Wildman–Crippen MR) is 50.8 cm³/mol. The zero-order valence-corrected chi connectivity index (χ0v) is 8.76. The van der Waals surface area contributed by atoms with E-state index in [1.165, 1.54) is 0 Å². The molecule has 4 heteroatoms. The van der Waals surface area contributed by atoms with Gasteiger partial charge in [-0.3, -0.25) is 4.79 Å². The van der Waals surface area contributed by atoms with E-state index in [2.05, 4.69) is 5.32 Å². The molecule has 0 aromatic rings. The van der Waals surface area contributed by atoms with Crippen LogP contribution in [-0.2, 0) is 9.53 Å². The summed E-state index contributed by atoms with van der Waals surface area (Å²) in [4.78, 5) is 10.8. The Morgan fingerprint density at radius 2 is 2.23 bits per heavy atom. The van der Waals surface area contributed by atoms with Crippen LogP contribution in [0.15, 0.2) is 0 Å². The summed E-state index contributed by atoms with van der Waals surface area (Å²) < 4.78 is 5.37. The number of hydrogen-bond donors (Lipinski definition) is 2. The van der Waals surface area contributed by atoms with Gasteiger partial charge >= 0.3 is 5.97 Å². The van der Waals surface area contributed by atoms with Crippen LogP contribution >= 0.6 is 0 Å². The van der Waals surface area contributed by atoms with Gasteiger partial charge in [0.1, 0.15) is 5.54 Å². The molecule has 13 heavy (non-hydrogen) atoms. The Morgan fingerprint density at radius 1 is 1.69 bits per heavy atom. The molecule has 0 spiro atoms. The summed E-state index contributed by atoms with van der Waals surface area (Å²) in [5, 5.41) is 11.6. The van der Waals surface area contributed by atoms with E-state index >= 15 is 0 Å². The third-order valence-corrected chi connectivity index (χ3v) is 2.26. The summed E-state index contributed by atoms with van der Waals surface area (Å²) in [6.07, 6.45) is 0.992. The highest BCUT2D eigenvalue weighted by Crippen LogP contribution is 2.07. The van der Waals surface area contributed by atoms with Crippen molar-refractivity contribution in [2.24, 2.45) is 0 Å². The Hall–Kier alpha value is -0.610. The van der Waals surface area contributed by atoms with Crippen molar-refractivity contribution in [1.29, 1.82) is 0 Å². The van der Waals surface area contributed by atoms with Gasteiger partial charge in [-0.2, -0.15) is 0 Å². The summed E-state index contributed by atoms with van der Waals surface area (Å²) >= 11 is 0. The Balaban J connectivity index is 4.05. The van der Waals surface area contributed by atoms with Crippen LogP contribution in [0.5, 0.6) is 0 Å². The fraction of sp³-hybridized carbons (Fsp3) is 0.889. The van der Waals surface area contributed by atoms with E-state index in [1.54, 1.807) is 14.0 Å². The molecule has 0 aliphatic carbocycles. The van der Waals surface area contributed by atoms with E-state index in [-0.39, 0.29) is 12.7 Å². The van der Waals surface area contributed by atoms with Crippen molar-refractivity contribution < 1.29 is 14.6 Å². The third kappa shape index (κ3) is 3.74. The molecule has 0 saturated heterocycles. The van der Waals surface area contributed by atoms with E-state index in [0.29, 0.717) is 0 Å². The molecule has 0 radical (unpaired) electrons. The van der Waals surface area contributed by atoms with Crippen LogP contribution in [0.3, 0.4) is 0 Å². The van der Waals surface area contributed by atoms with Gasteiger partial charge in [0.15, 0.2) is 0 Å². The maximum Gasteiger partial charge on any atom is 0.326 e. The predicted octanol–water partition coefficient (Wildman–Crippen LogP) is 0.864. The van der Waals surface area contributed by atoms with Crippen LogP contribution in [0.25, 0.3) is 0 Å². The summed E-state index contributed by atoms with van der Waals surface area (Å²) in [5.41, 5.74) is -0.983. The van der Waals surface area contributed by atoms with E-state index in [1.807, 2.05) is 13.8 Å². The summed E-state index contributed by atoms with van der Waals surface area (Å²) in [6, 6.07) is 0. The number of aliphatic carboxylic acids is 1. The molecule has 0 bridgehead atoms. The molecule has 0 aliphatic heterocycles. The minimum Gasteiger partial charge on any atom is -0.480 e. The molecule has 0 heterocycles. The first-order valence-corrected chi connectivity index (χ1v) is 4.50. The number of hydrogen-bond acceptors (Lipinski definition) is 3. The molecule has 0 aromatic carbocycles. The third-order valence-electron chi connectivity index (χ3n) is 2.26. The van der Waals surface area contributed by atoms with Crippen LogP contribution in [0.4, 0.5) is 0 Å². The zero-order valence-electron chi connectivity index (χ0n) is 8.76. The normalized spacial score (nSPS) is 17.8. The minimum absolute atomic E-state index is 0.104. The molecule has 4 nitrogen and oxygen atoms in total. The molecule has 0 aromatic heterocycles. The smallest absolute Gasteiger partial charge is 0.326 e. The monoisotopic (exact) mass is 189 g/mol. The summed E-state index contributed by atoms with van der Waals surface area (Å²) in [5.74, 6) is -0.890. The average molecular weight is 189 g/mol. The largest absolute Gasteiger partial charge is 0.480 e. The highest BCUT2D eigenvalue weighted by atomic mass is 16.5. The average Bonchev–Trinajstić information content (AvgIpc) is 2.13. The van der Waals surface area contributed by atoms with Crippen molar-refractivity contribution in [3.05, 3.63) is 0 Å². The van der Waals surface area contributed by atoms with E-state index < -0.39 is 11.5 Å². The molecule has 2 unspecified atom stereocenters. The fourth-order valence-electron chi connectivity index (χ4n) is 0.668. The molecule has 0 rings (SSSR count). The van der Waals surface area contributed by atoms with Gasteiger partial charge in [0.05, 0.1) is 12.7 Å². The second-order valence-electron chi connectivity index (χ2n) is 3.42. The molecular weight excluding hydrogens is 170 g/mol. The highest BCUT2D eigenvalue weighted by molar-refractivity contribution is 5.78. The number of likely N-dealkylation sites (N-methyl/N-ethyl adjacent to an activating group) is 1. The number of ether oxygens (including phenoxy) is 1. The Morgan fingerprint density at radius 3 is 2.54 bits per heavy atom. The van der Waals surface area contributed by atoms with Crippen molar-refractivity contribution >= 4 is 5.97 Å². The van der Waals surface area contributed by atoms with Gasteiger partial charge in [-0.05, 0) is 27.3 Å². The molecule has 2 atom stereocenters. The van der Waals surface area contributed by atoms with Gasteiger partial charge in [-0.15, -0.1) is 0 Å². The van der Waals surface area contributed by atoms with Gasteiger partial charge in [-0.25, -0.2) is 0 Å². The number of nitrogens with one attached hydrogen (secondary N) is 1. The van der Waals surface area contributed by atoms with Gasteiger partial charge in [0.2, 0.25) is 0 Å². The minimum atomic E-state index is -0.983. The maximum absolute atomic E-state index is 10.8. The lowest BCUT2D eigenvalue weighted by Crippen LogP contribution is -2.51. The molecule has 0 amide bonds. The lowest BCUT2D eigenvalue weighted by atomic mass is 10.1. The second-order valence-corrected chi connectivity index (χ2v) is 3.42. The van der Waals surface area contributed by atoms with Crippen molar-refractivity contribution in [2.75, 3.05) is 13.7 Å². The summed E-state index contributed by atoms with van der Waals surface area (Å²) in [7, 11) is 1.62. The SMILES string of the molecule is CCC(C)OCC(C)(NC)C(=O)O. The zero-order chi connectivity index (χ0) is 10.5. The molecule has 78 valence electrons. The van der Waals surface area contributed by atoms with Crippen molar-refractivity contribution in [1.82, 2.24) is 5.32 Å².